The molecule has 0 aliphatic carbocycles. The second kappa shape index (κ2) is 29.1. The number of anilines is 1. The fourth-order valence-electron chi connectivity index (χ4n) is 7.97. The molecule has 0 aliphatic heterocycles. The third-order valence-corrected chi connectivity index (χ3v) is 15.8. The number of aromatic nitrogens is 13. The lowest BCUT2D eigenvalue weighted by molar-refractivity contribution is -0.143. The Kier molecular flexibility index (Phi) is 20.7. The maximum absolute atomic E-state index is 12.4. The molecule has 2 unspecified atom stereocenters. The van der Waals surface area contributed by atoms with Crippen LogP contribution in [0.3, 0.4) is 0 Å². The minimum atomic E-state index is -0.365. The van der Waals surface area contributed by atoms with Gasteiger partial charge in [0.25, 0.3) is 0 Å². The van der Waals surface area contributed by atoms with Gasteiger partial charge in [-0.1, -0.05) is 58.8 Å². The molecule has 0 saturated heterocycles. The van der Waals surface area contributed by atoms with E-state index in [1.807, 2.05) is 135 Å². The first-order valence-electron chi connectivity index (χ1n) is 26.7. The number of thioether (sulfide) groups is 3. The number of methoxy groups -OCH3 is 2. The molecular formula is C58H58N14O9S4. The summed E-state index contributed by atoms with van der Waals surface area (Å²) in [5, 5.41) is 43.8. The molecule has 7 heterocycles. The Bertz CT molecular complexity index is 4030. The lowest BCUT2D eigenvalue weighted by atomic mass is 10.2. The summed E-state index contributed by atoms with van der Waals surface area (Å²) >= 11 is 5.46. The van der Waals surface area contributed by atoms with Crippen molar-refractivity contribution in [3.63, 3.8) is 0 Å². The summed E-state index contributed by atoms with van der Waals surface area (Å²) in [4.78, 5) is 40.5. The molecule has 23 nitrogen and oxygen atoms in total. The molecule has 11 rings (SSSR count). The smallest absolute Gasteiger partial charge is 0.319 e. The number of hydrogen-bond acceptors (Lipinski definition) is 23. The number of benzene rings is 4. The highest BCUT2D eigenvalue weighted by molar-refractivity contribution is 8.00. The second-order valence-electron chi connectivity index (χ2n) is 17.7. The number of nitrogens with zero attached hydrogens (tertiary/aromatic N) is 13. The number of fused-ring (bicyclic) bond motifs is 4. The van der Waals surface area contributed by atoms with E-state index in [2.05, 4.69) is 56.2 Å². The minimum Gasteiger partial charge on any atom is -0.494 e. The Labute approximate surface area is 504 Å². The highest BCUT2D eigenvalue weighted by Crippen LogP contribution is 2.33. The van der Waals surface area contributed by atoms with Crippen molar-refractivity contribution in [1.29, 1.82) is 0 Å². The van der Waals surface area contributed by atoms with Gasteiger partial charge in [-0.15, -0.1) is 30.6 Å². The van der Waals surface area contributed by atoms with E-state index in [1.165, 1.54) is 46.6 Å². The summed E-state index contributed by atoms with van der Waals surface area (Å²) in [6, 6.07) is 39.5. The Morgan fingerprint density at radius 1 is 0.529 bits per heavy atom. The van der Waals surface area contributed by atoms with Crippen molar-refractivity contribution in [2.45, 2.75) is 67.1 Å². The Morgan fingerprint density at radius 2 is 0.988 bits per heavy atom. The SMILES string of the molecule is CCOC(=O)C(C)Sc1ccc2nnc(-c3ccc(OC)c(OC)c3)n2n1.CCOC(=O)C(C)Sc1ccc2nnc(-c3ccc(OCC)cc3)n2n1.CCOc1ccc(-c2nnc3ccc(SCC(=O)Nc4nc5ccccc5s4)nn23)cc1. The van der Waals surface area contributed by atoms with Crippen LogP contribution in [0.25, 0.3) is 61.3 Å². The van der Waals surface area contributed by atoms with Crippen LogP contribution >= 0.6 is 46.6 Å². The van der Waals surface area contributed by atoms with Gasteiger partial charge in [-0.3, -0.25) is 14.4 Å². The van der Waals surface area contributed by atoms with E-state index < -0.39 is 0 Å². The number of rotatable bonds is 21. The predicted octanol–water partition coefficient (Wildman–Crippen LogP) is 10.6. The fourth-order valence-corrected chi connectivity index (χ4v) is 11.1. The highest BCUT2D eigenvalue weighted by atomic mass is 32.2. The summed E-state index contributed by atoms with van der Waals surface area (Å²) in [6.07, 6.45) is 0. The van der Waals surface area contributed by atoms with Crippen LogP contribution in [0, 0.1) is 0 Å². The van der Waals surface area contributed by atoms with E-state index in [-0.39, 0.29) is 34.1 Å². The van der Waals surface area contributed by atoms with Crippen LogP contribution in [0.1, 0.15) is 41.5 Å². The first kappa shape index (κ1) is 60.7. The van der Waals surface area contributed by atoms with E-state index in [0.29, 0.717) is 92.6 Å². The molecule has 1 N–H and O–H groups in total. The summed E-state index contributed by atoms with van der Waals surface area (Å²) in [5.74, 6) is 4.21. The number of esters is 2. The van der Waals surface area contributed by atoms with Crippen molar-refractivity contribution in [2.24, 2.45) is 0 Å². The summed E-state index contributed by atoms with van der Waals surface area (Å²) in [7, 11) is 3.16. The van der Waals surface area contributed by atoms with Crippen LogP contribution in [-0.2, 0) is 23.9 Å². The zero-order chi connectivity index (χ0) is 59.8. The van der Waals surface area contributed by atoms with Gasteiger partial charge in [0.05, 0.1) is 56.6 Å². The molecule has 1 amide bonds. The molecule has 0 fully saturated rings. The first-order chi connectivity index (χ1) is 41.4. The van der Waals surface area contributed by atoms with Crippen molar-refractivity contribution in [3.8, 4) is 57.2 Å². The van der Waals surface area contributed by atoms with Gasteiger partial charge in [0.1, 0.15) is 37.1 Å². The van der Waals surface area contributed by atoms with Gasteiger partial charge >= 0.3 is 11.9 Å². The standard InChI is InChI=1S/C22H18N6O2S2.C18H20N4O4S.C18H20N4O3S/c1-2-30-15-9-7-14(8-10-15)21-26-25-18-11-12-20(27-28(18)21)31-13-19(29)24-22-23-16-5-3-4-6-17(16)32-22;1-5-26-18(23)11(2)27-16-9-8-15-19-20-17(22(15)21-16)12-6-7-13(24-3)14(10-12)25-4;1-4-24-14-8-6-13(7-9-14)17-20-19-15-10-11-16(21-22(15)17)26-12(3)18(23)25-5-2/h3-12H,2,13H2,1H3,(H,23,24,29);6-11H,5H2,1-4H3;6-12H,4-5H2,1-3H3. The zero-order valence-corrected chi connectivity index (χ0v) is 50.7. The number of carbonyl (C=O) groups is 3. The summed E-state index contributed by atoms with van der Waals surface area (Å²) in [6.45, 7) is 13.0. The molecule has 27 heteroatoms. The van der Waals surface area contributed by atoms with Crippen LogP contribution in [0.4, 0.5) is 5.13 Å². The van der Waals surface area contributed by atoms with Gasteiger partial charge in [0.15, 0.2) is 51.0 Å². The fraction of sp³-hybridized carbons (Fsp3) is 0.259. The summed E-state index contributed by atoms with van der Waals surface area (Å²) < 4.78 is 37.7. The number of ether oxygens (including phenoxy) is 6. The van der Waals surface area contributed by atoms with Crippen molar-refractivity contribution in [2.75, 3.05) is 51.7 Å². The van der Waals surface area contributed by atoms with E-state index in [0.717, 1.165) is 38.4 Å². The number of amides is 1. The number of para-hydroxylation sites is 1. The molecule has 0 saturated carbocycles. The van der Waals surface area contributed by atoms with Crippen molar-refractivity contribution in [3.05, 3.63) is 127 Å². The molecule has 0 bridgehead atoms. The maximum atomic E-state index is 12.4. The topological polar surface area (TPSA) is 261 Å². The van der Waals surface area contributed by atoms with Gasteiger partial charge < -0.3 is 33.7 Å². The molecule has 11 aromatic rings. The van der Waals surface area contributed by atoms with Crippen LogP contribution < -0.4 is 24.3 Å². The molecule has 0 radical (unpaired) electrons. The number of thiazole rings is 1. The number of nitrogens with one attached hydrogen (secondary N) is 1. The Hall–Kier alpha value is -8.92. The van der Waals surface area contributed by atoms with Gasteiger partial charge in [0, 0.05) is 16.7 Å². The summed E-state index contributed by atoms with van der Waals surface area (Å²) in [5.41, 5.74) is 5.31. The highest BCUT2D eigenvalue weighted by Gasteiger charge is 2.21. The lowest BCUT2D eigenvalue weighted by Gasteiger charge is -2.10. The van der Waals surface area contributed by atoms with Crippen LogP contribution in [-0.4, -0.2) is 139 Å². The Balaban J connectivity index is 0.000000154. The van der Waals surface area contributed by atoms with Gasteiger partial charge in [0.2, 0.25) is 5.91 Å². The van der Waals surface area contributed by atoms with E-state index in [4.69, 9.17) is 28.4 Å². The van der Waals surface area contributed by atoms with Gasteiger partial charge in [-0.25, -0.2) is 4.98 Å². The molecule has 438 valence electrons. The van der Waals surface area contributed by atoms with Crippen molar-refractivity contribution < 1.29 is 42.8 Å². The van der Waals surface area contributed by atoms with Gasteiger partial charge in [-0.05, 0) is 157 Å². The largest absolute Gasteiger partial charge is 0.494 e. The van der Waals surface area contributed by atoms with Crippen LogP contribution in [0.5, 0.6) is 23.0 Å². The molecule has 0 aliphatic rings. The molecule has 2 atom stereocenters. The molecule has 85 heavy (non-hydrogen) atoms. The molecule has 7 aromatic heterocycles. The zero-order valence-electron chi connectivity index (χ0n) is 47.4. The molecule has 0 spiro atoms. The average Bonchev–Trinajstić information content (AvgIpc) is 4.52. The third-order valence-electron chi connectivity index (χ3n) is 11.9. The quantitative estimate of drug-likeness (QED) is 0.0518. The molecular weight excluding hydrogens is 1160 g/mol. The van der Waals surface area contributed by atoms with E-state index in [1.54, 1.807) is 61.5 Å². The van der Waals surface area contributed by atoms with Crippen molar-refractivity contribution in [1.82, 2.24) is 64.4 Å². The van der Waals surface area contributed by atoms with Crippen LogP contribution in [0.2, 0.25) is 0 Å². The Morgan fingerprint density at radius 3 is 1.46 bits per heavy atom. The van der Waals surface area contributed by atoms with E-state index >= 15 is 0 Å². The van der Waals surface area contributed by atoms with E-state index in [9.17, 15) is 14.4 Å². The average molecular weight is 1220 g/mol. The lowest BCUT2D eigenvalue weighted by Crippen LogP contribution is -2.17. The third kappa shape index (κ3) is 15.3. The van der Waals surface area contributed by atoms with Gasteiger partial charge in [-0.2, -0.15) is 28.8 Å². The maximum Gasteiger partial charge on any atom is 0.319 e. The normalized spacial score (nSPS) is 11.7. The number of hydrogen-bond donors (Lipinski definition) is 1. The minimum absolute atomic E-state index is 0.133. The van der Waals surface area contributed by atoms with Crippen molar-refractivity contribution >= 4 is 96.8 Å². The van der Waals surface area contributed by atoms with Crippen LogP contribution in [0.15, 0.2) is 142 Å². The molecule has 4 aromatic carbocycles. The monoisotopic (exact) mass is 1220 g/mol. The number of carbonyl (C=O) groups excluding carboxylic acids is 3. The first-order valence-corrected chi connectivity index (χ1v) is 30.3. The second-order valence-corrected chi connectivity index (χ2v) is 22.5. The predicted molar refractivity (Wildman–Crippen MR) is 327 cm³/mol.